The molecule has 9 heteroatoms. The minimum absolute atomic E-state index is 0.144. The molecule has 3 heterocycles. The SMILES string of the molecule is C=C1CCC(N2C(=O)c3ccc(CCC(=O)c4ccc(SCC)nn4)cc3C2=O)C(=O)N1. The van der Waals surface area contributed by atoms with E-state index in [-0.39, 0.29) is 23.3 Å². The van der Waals surface area contributed by atoms with Gasteiger partial charge in [-0.2, -0.15) is 0 Å². The molecule has 164 valence electrons. The summed E-state index contributed by atoms with van der Waals surface area (Å²) in [6.45, 7) is 5.74. The van der Waals surface area contributed by atoms with Crippen molar-refractivity contribution in [2.24, 2.45) is 0 Å². The average molecular weight is 451 g/mol. The molecule has 1 atom stereocenters. The van der Waals surface area contributed by atoms with Crippen molar-refractivity contribution >= 4 is 35.3 Å². The van der Waals surface area contributed by atoms with Gasteiger partial charge in [0, 0.05) is 12.1 Å². The summed E-state index contributed by atoms with van der Waals surface area (Å²) in [6, 6.07) is 7.56. The Morgan fingerprint density at radius 1 is 1.16 bits per heavy atom. The van der Waals surface area contributed by atoms with Crippen LogP contribution in [0.25, 0.3) is 0 Å². The third-order valence-corrected chi connectivity index (χ3v) is 6.28. The first-order valence-electron chi connectivity index (χ1n) is 10.4. The highest BCUT2D eigenvalue weighted by molar-refractivity contribution is 7.99. The van der Waals surface area contributed by atoms with Crippen LogP contribution >= 0.6 is 11.8 Å². The number of carbonyl (C=O) groups excluding carboxylic acids is 4. The molecule has 8 nitrogen and oxygen atoms in total. The zero-order valence-corrected chi connectivity index (χ0v) is 18.4. The topological polar surface area (TPSA) is 109 Å². The molecule has 2 aromatic rings. The fourth-order valence-electron chi connectivity index (χ4n) is 3.83. The summed E-state index contributed by atoms with van der Waals surface area (Å²) < 4.78 is 0. The van der Waals surface area contributed by atoms with E-state index in [2.05, 4.69) is 22.1 Å². The average Bonchev–Trinajstić information content (AvgIpc) is 3.03. The van der Waals surface area contributed by atoms with Gasteiger partial charge in [-0.25, -0.2) is 0 Å². The molecule has 1 unspecified atom stereocenters. The van der Waals surface area contributed by atoms with Crippen LogP contribution in [0.3, 0.4) is 0 Å². The summed E-state index contributed by atoms with van der Waals surface area (Å²) in [7, 11) is 0. The van der Waals surface area contributed by atoms with Gasteiger partial charge in [-0.05, 0) is 54.8 Å². The second kappa shape index (κ2) is 9.04. The maximum absolute atomic E-state index is 12.9. The Bertz CT molecular complexity index is 1130. The highest BCUT2D eigenvalue weighted by atomic mass is 32.2. The van der Waals surface area contributed by atoms with Crippen LogP contribution in [0.15, 0.2) is 47.6 Å². The number of piperidine rings is 1. The van der Waals surface area contributed by atoms with Crippen molar-refractivity contribution in [1.29, 1.82) is 0 Å². The fourth-order valence-corrected chi connectivity index (χ4v) is 4.39. The van der Waals surface area contributed by atoms with Gasteiger partial charge in [-0.1, -0.05) is 19.6 Å². The van der Waals surface area contributed by atoms with Crippen LogP contribution in [0.1, 0.15) is 63.0 Å². The predicted molar refractivity (Wildman–Crippen MR) is 118 cm³/mol. The van der Waals surface area contributed by atoms with Gasteiger partial charge >= 0.3 is 0 Å². The Morgan fingerprint density at radius 2 is 1.94 bits per heavy atom. The number of fused-ring (bicyclic) bond motifs is 1. The Morgan fingerprint density at radius 3 is 2.62 bits per heavy atom. The minimum Gasteiger partial charge on any atom is -0.329 e. The van der Waals surface area contributed by atoms with Crippen LogP contribution in [-0.4, -0.2) is 50.4 Å². The van der Waals surface area contributed by atoms with E-state index in [0.717, 1.165) is 21.2 Å². The summed E-state index contributed by atoms with van der Waals surface area (Å²) in [5, 5.41) is 11.4. The van der Waals surface area contributed by atoms with Gasteiger partial charge in [0.25, 0.3) is 11.8 Å². The maximum Gasteiger partial charge on any atom is 0.262 e. The molecule has 2 aliphatic rings. The first-order valence-corrected chi connectivity index (χ1v) is 11.4. The lowest BCUT2D eigenvalue weighted by molar-refractivity contribution is -0.125. The molecule has 0 spiro atoms. The zero-order valence-electron chi connectivity index (χ0n) is 17.6. The van der Waals surface area contributed by atoms with E-state index >= 15 is 0 Å². The second-order valence-electron chi connectivity index (χ2n) is 7.62. The van der Waals surface area contributed by atoms with Crippen LogP contribution in [0.2, 0.25) is 0 Å². The van der Waals surface area contributed by atoms with Gasteiger partial charge in [-0.3, -0.25) is 24.1 Å². The standard InChI is InChI=1S/C23H22N4O4S/c1-3-32-20-11-8-17(25-26-20)19(28)10-6-14-5-7-15-16(12-14)23(31)27(22(15)30)18-9-4-13(2)24-21(18)29/h5,7-8,11-12,18H,2-4,6,9-10H2,1H3,(H,24,29). The van der Waals surface area contributed by atoms with E-state index in [1.54, 1.807) is 42.1 Å². The molecule has 0 saturated carbocycles. The van der Waals surface area contributed by atoms with Crippen molar-refractivity contribution in [3.63, 3.8) is 0 Å². The largest absolute Gasteiger partial charge is 0.329 e. The molecule has 1 saturated heterocycles. The Hall–Kier alpha value is -3.33. The van der Waals surface area contributed by atoms with E-state index in [0.29, 0.717) is 30.7 Å². The predicted octanol–water partition coefficient (Wildman–Crippen LogP) is 2.79. The minimum atomic E-state index is -0.842. The number of aryl methyl sites for hydroxylation is 1. The summed E-state index contributed by atoms with van der Waals surface area (Å²) in [5.41, 5.74) is 2.18. The van der Waals surface area contributed by atoms with E-state index in [4.69, 9.17) is 0 Å². The molecule has 0 radical (unpaired) electrons. The van der Waals surface area contributed by atoms with Crippen molar-refractivity contribution in [1.82, 2.24) is 20.4 Å². The zero-order chi connectivity index (χ0) is 22.8. The highest BCUT2D eigenvalue weighted by Crippen LogP contribution is 2.29. The third kappa shape index (κ3) is 4.20. The number of Topliss-reactive ketones (excluding diaryl/α,β-unsaturated/α-hetero) is 1. The molecule has 0 bridgehead atoms. The number of nitrogens with zero attached hydrogens (tertiary/aromatic N) is 3. The molecule has 4 rings (SSSR count). The van der Waals surface area contributed by atoms with Gasteiger partial charge in [0.05, 0.1) is 11.1 Å². The van der Waals surface area contributed by atoms with Gasteiger partial charge in [0.15, 0.2) is 5.78 Å². The van der Waals surface area contributed by atoms with E-state index in [9.17, 15) is 19.2 Å². The van der Waals surface area contributed by atoms with Crippen LogP contribution in [-0.2, 0) is 11.2 Å². The molecule has 1 N–H and O–H groups in total. The number of imide groups is 1. The van der Waals surface area contributed by atoms with E-state index < -0.39 is 23.8 Å². The normalized spacial score (nSPS) is 18.0. The number of carbonyl (C=O) groups is 4. The highest BCUT2D eigenvalue weighted by Gasteiger charge is 2.43. The van der Waals surface area contributed by atoms with Gasteiger partial charge in [0.1, 0.15) is 16.8 Å². The summed E-state index contributed by atoms with van der Waals surface area (Å²) in [6.07, 6.45) is 1.46. The number of ketones is 1. The van der Waals surface area contributed by atoms with Crippen molar-refractivity contribution in [3.8, 4) is 0 Å². The van der Waals surface area contributed by atoms with Crippen LogP contribution < -0.4 is 5.32 Å². The molecular weight excluding hydrogens is 428 g/mol. The van der Waals surface area contributed by atoms with Crippen molar-refractivity contribution in [2.75, 3.05) is 5.75 Å². The van der Waals surface area contributed by atoms with Crippen molar-refractivity contribution < 1.29 is 19.2 Å². The monoisotopic (exact) mass is 450 g/mol. The molecule has 3 amide bonds. The number of amides is 3. The Balaban J connectivity index is 1.45. The summed E-state index contributed by atoms with van der Waals surface area (Å²) in [5.74, 6) is -0.624. The lowest BCUT2D eigenvalue weighted by Gasteiger charge is -2.29. The molecular formula is C23H22N4O4S. The van der Waals surface area contributed by atoms with Crippen LogP contribution in [0.4, 0.5) is 0 Å². The van der Waals surface area contributed by atoms with Crippen molar-refractivity contribution in [3.05, 3.63) is 65.0 Å². The molecule has 1 aromatic carbocycles. The number of allylic oxidation sites excluding steroid dienone is 1. The number of nitrogens with one attached hydrogen (secondary N) is 1. The molecule has 2 aliphatic heterocycles. The molecule has 1 fully saturated rings. The Labute approximate surface area is 189 Å². The smallest absolute Gasteiger partial charge is 0.262 e. The number of benzene rings is 1. The number of aromatic nitrogens is 2. The van der Waals surface area contributed by atoms with E-state index in [1.807, 2.05) is 6.92 Å². The van der Waals surface area contributed by atoms with Gasteiger partial charge in [-0.15, -0.1) is 22.0 Å². The molecule has 0 aliphatic carbocycles. The molecule has 1 aromatic heterocycles. The lowest BCUT2D eigenvalue weighted by atomic mass is 10.0. The number of thioether (sulfide) groups is 1. The number of rotatable bonds is 7. The van der Waals surface area contributed by atoms with Crippen molar-refractivity contribution in [2.45, 2.75) is 43.7 Å². The van der Waals surface area contributed by atoms with Crippen LogP contribution in [0.5, 0.6) is 0 Å². The number of hydrogen-bond acceptors (Lipinski definition) is 7. The maximum atomic E-state index is 12.9. The fraction of sp³-hybridized carbons (Fsp3) is 0.304. The number of hydrogen-bond donors (Lipinski definition) is 1. The Kier molecular flexibility index (Phi) is 6.18. The summed E-state index contributed by atoms with van der Waals surface area (Å²) >= 11 is 1.55. The van der Waals surface area contributed by atoms with Gasteiger partial charge in [0.2, 0.25) is 5.91 Å². The quantitative estimate of drug-likeness (QED) is 0.392. The lowest BCUT2D eigenvalue weighted by Crippen LogP contribution is -2.51. The van der Waals surface area contributed by atoms with Crippen LogP contribution in [0, 0.1) is 0 Å². The second-order valence-corrected chi connectivity index (χ2v) is 8.90. The first kappa shape index (κ1) is 21.9. The van der Waals surface area contributed by atoms with Gasteiger partial charge < -0.3 is 5.32 Å². The summed E-state index contributed by atoms with van der Waals surface area (Å²) in [4.78, 5) is 51.6. The van der Waals surface area contributed by atoms with E-state index in [1.165, 1.54) is 0 Å². The first-order chi connectivity index (χ1) is 15.4. The third-order valence-electron chi connectivity index (χ3n) is 5.47. The molecule has 32 heavy (non-hydrogen) atoms.